The summed E-state index contributed by atoms with van der Waals surface area (Å²) < 4.78 is 11.8. The summed E-state index contributed by atoms with van der Waals surface area (Å²) in [6.07, 6.45) is 5.42. The zero-order valence-electron chi connectivity index (χ0n) is 16.9. The molecule has 0 spiro atoms. The molecule has 0 unspecified atom stereocenters. The molecule has 1 N–H and O–H groups in total. The van der Waals surface area contributed by atoms with Crippen LogP contribution in [0.1, 0.15) is 23.3 Å². The predicted octanol–water partition coefficient (Wildman–Crippen LogP) is 3.53. The Balaban J connectivity index is 1.53. The second kappa shape index (κ2) is 8.52. The fraction of sp³-hybridized carbons (Fsp3) is 0.333. The van der Waals surface area contributed by atoms with E-state index in [9.17, 15) is 0 Å². The number of benzene rings is 1. The van der Waals surface area contributed by atoms with Crippen LogP contribution >= 0.6 is 0 Å². The SMILES string of the molecule is OC/N=C1\CCc2cc(-c3cc(CN4CCOCC4)oc3-c3ccncc3)ccc21. The van der Waals surface area contributed by atoms with Crippen molar-refractivity contribution in [3.8, 4) is 22.5 Å². The van der Waals surface area contributed by atoms with Gasteiger partial charge < -0.3 is 14.3 Å². The summed E-state index contributed by atoms with van der Waals surface area (Å²) in [4.78, 5) is 10.7. The Kier molecular flexibility index (Phi) is 5.45. The Morgan fingerprint density at radius 1 is 0.967 bits per heavy atom. The van der Waals surface area contributed by atoms with Crippen LogP contribution in [0.4, 0.5) is 0 Å². The lowest BCUT2D eigenvalue weighted by molar-refractivity contribution is 0.0314. The van der Waals surface area contributed by atoms with Gasteiger partial charge in [0.05, 0.1) is 19.8 Å². The molecular weight excluding hydrogens is 378 g/mol. The molecule has 1 saturated heterocycles. The van der Waals surface area contributed by atoms with Gasteiger partial charge in [-0.1, -0.05) is 18.2 Å². The lowest BCUT2D eigenvalue weighted by Crippen LogP contribution is -2.35. The van der Waals surface area contributed by atoms with Crippen molar-refractivity contribution in [2.75, 3.05) is 33.0 Å². The molecule has 0 amide bonds. The third-order valence-electron chi connectivity index (χ3n) is 5.83. The highest BCUT2D eigenvalue weighted by molar-refractivity contribution is 6.05. The number of aliphatic hydroxyl groups is 1. The van der Waals surface area contributed by atoms with Gasteiger partial charge in [0.1, 0.15) is 18.3 Å². The second-order valence-corrected chi connectivity index (χ2v) is 7.70. The van der Waals surface area contributed by atoms with Gasteiger partial charge in [0.2, 0.25) is 0 Å². The van der Waals surface area contributed by atoms with E-state index >= 15 is 0 Å². The molecule has 0 atom stereocenters. The number of hydrogen-bond acceptors (Lipinski definition) is 6. The monoisotopic (exact) mass is 403 g/mol. The molecule has 1 aliphatic carbocycles. The Hall–Kier alpha value is -2.80. The van der Waals surface area contributed by atoms with Gasteiger partial charge in [-0.2, -0.15) is 0 Å². The summed E-state index contributed by atoms with van der Waals surface area (Å²) in [6, 6.07) is 12.6. The van der Waals surface area contributed by atoms with Crippen LogP contribution < -0.4 is 0 Å². The summed E-state index contributed by atoms with van der Waals surface area (Å²) in [5.41, 5.74) is 6.68. The molecule has 1 fully saturated rings. The highest BCUT2D eigenvalue weighted by Crippen LogP contribution is 2.37. The van der Waals surface area contributed by atoms with Crippen LogP contribution in [0.5, 0.6) is 0 Å². The lowest BCUT2D eigenvalue weighted by Gasteiger charge is -2.25. The number of aliphatic imine (C=N–C) groups is 1. The smallest absolute Gasteiger partial charge is 0.142 e. The molecule has 0 radical (unpaired) electrons. The number of aliphatic hydroxyl groups excluding tert-OH is 1. The standard InChI is InChI=1S/C24H25N3O3/c28-16-26-23-4-2-18-13-19(1-3-21(18)23)22-14-20(15-27-9-11-29-12-10-27)30-24(22)17-5-7-25-8-6-17/h1,3,5-8,13-14,28H,2,4,9-12,15-16H2/b26-23+. The second-order valence-electron chi connectivity index (χ2n) is 7.70. The van der Waals surface area contributed by atoms with Crippen LogP contribution in [0.25, 0.3) is 22.5 Å². The fourth-order valence-corrected chi connectivity index (χ4v) is 4.32. The number of furan rings is 1. The van der Waals surface area contributed by atoms with Gasteiger partial charge in [0.15, 0.2) is 0 Å². The zero-order chi connectivity index (χ0) is 20.3. The Morgan fingerprint density at radius 2 is 1.80 bits per heavy atom. The number of ether oxygens (including phenoxy) is 1. The van der Waals surface area contributed by atoms with E-state index in [1.807, 2.05) is 12.1 Å². The molecule has 2 aliphatic rings. The summed E-state index contributed by atoms with van der Waals surface area (Å²) >= 11 is 0. The van der Waals surface area contributed by atoms with E-state index in [1.54, 1.807) is 12.4 Å². The minimum absolute atomic E-state index is 0.157. The van der Waals surface area contributed by atoms with Crippen LogP contribution in [0.15, 0.2) is 58.2 Å². The third-order valence-corrected chi connectivity index (χ3v) is 5.83. The zero-order valence-corrected chi connectivity index (χ0v) is 16.9. The third kappa shape index (κ3) is 3.81. The molecule has 6 heteroatoms. The maximum Gasteiger partial charge on any atom is 0.142 e. The Morgan fingerprint density at radius 3 is 2.60 bits per heavy atom. The van der Waals surface area contributed by atoms with E-state index in [0.29, 0.717) is 0 Å². The van der Waals surface area contributed by atoms with Gasteiger partial charge in [0, 0.05) is 42.3 Å². The topological polar surface area (TPSA) is 71.1 Å². The van der Waals surface area contributed by atoms with Crippen molar-refractivity contribution in [3.63, 3.8) is 0 Å². The summed E-state index contributed by atoms with van der Waals surface area (Å²) in [7, 11) is 0. The minimum atomic E-state index is -0.157. The van der Waals surface area contributed by atoms with Gasteiger partial charge in [-0.15, -0.1) is 0 Å². The van der Waals surface area contributed by atoms with Gasteiger partial charge in [-0.05, 0) is 47.7 Å². The van der Waals surface area contributed by atoms with E-state index in [2.05, 4.69) is 39.1 Å². The number of aryl methyl sites for hydroxylation is 1. The van der Waals surface area contributed by atoms with Crippen molar-refractivity contribution in [3.05, 3.63) is 65.7 Å². The minimum Gasteiger partial charge on any atom is -0.459 e. The highest BCUT2D eigenvalue weighted by Gasteiger charge is 2.22. The molecule has 3 heterocycles. The molecule has 30 heavy (non-hydrogen) atoms. The van der Waals surface area contributed by atoms with Crippen LogP contribution in [0.3, 0.4) is 0 Å². The molecule has 6 nitrogen and oxygen atoms in total. The van der Waals surface area contributed by atoms with Crippen LogP contribution in [0, 0.1) is 0 Å². The first kappa shape index (κ1) is 19.2. The number of pyridine rings is 1. The molecule has 154 valence electrons. The van der Waals surface area contributed by atoms with Crippen molar-refractivity contribution in [1.29, 1.82) is 0 Å². The van der Waals surface area contributed by atoms with Crippen LogP contribution in [-0.2, 0) is 17.7 Å². The first-order chi connectivity index (χ1) is 14.8. The largest absolute Gasteiger partial charge is 0.459 e. The molecule has 1 aromatic carbocycles. The van der Waals surface area contributed by atoms with Gasteiger partial charge >= 0.3 is 0 Å². The van der Waals surface area contributed by atoms with Crippen LogP contribution in [0.2, 0.25) is 0 Å². The Bertz CT molecular complexity index is 1050. The molecule has 2 aromatic heterocycles. The van der Waals surface area contributed by atoms with E-state index in [4.69, 9.17) is 14.3 Å². The Labute approximate surface area is 175 Å². The normalized spacial score (nSPS) is 18.1. The first-order valence-corrected chi connectivity index (χ1v) is 10.4. The highest BCUT2D eigenvalue weighted by atomic mass is 16.5. The van der Waals surface area contributed by atoms with Crippen molar-refractivity contribution in [2.45, 2.75) is 19.4 Å². The van der Waals surface area contributed by atoms with E-state index < -0.39 is 0 Å². The number of fused-ring (bicyclic) bond motifs is 1. The van der Waals surface area contributed by atoms with E-state index in [-0.39, 0.29) is 6.73 Å². The number of nitrogens with zero attached hydrogens (tertiary/aromatic N) is 3. The quantitative estimate of drug-likeness (QED) is 0.706. The van der Waals surface area contributed by atoms with Gasteiger partial charge in [-0.3, -0.25) is 14.9 Å². The molecule has 5 rings (SSSR count). The first-order valence-electron chi connectivity index (χ1n) is 10.4. The van der Waals surface area contributed by atoms with Crippen molar-refractivity contribution >= 4 is 5.71 Å². The molecular formula is C24H25N3O3. The number of morpholine rings is 1. The fourth-order valence-electron chi connectivity index (χ4n) is 4.32. The molecule has 1 aliphatic heterocycles. The predicted molar refractivity (Wildman–Crippen MR) is 115 cm³/mol. The molecule has 3 aromatic rings. The summed E-state index contributed by atoms with van der Waals surface area (Å²) in [5.74, 6) is 1.84. The van der Waals surface area contributed by atoms with Crippen molar-refractivity contribution in [1.82, 2.24) is 9.88 Å². The average Bonchev–Trinajstić information content (AvgIpc) is 3.39. The van der Waals surface area contributed by atoms with Crippen LogP contribution in [-0.4, -0.2) is 53.7 Å². The summed E-state index contributed by atoms with van der Waals surface area (Å²) in [5, 5.41) is 9.17. The summed E-state index contributed by atoms with van der Waals surface area (Å²) in [6.45, 7) is 4.01. The number of aromatic nitrogens is 1. The van der Waals surface area contributed by atoms with E-state index in [0.717, 1.165) is 85.2 Å². The number of rotatable bonds is 5. The molecule has 0 saturated carbocycles. The maximum atomic E-state index is 9.17. The van der Waals surface area contributed by atoms with Gasteiger partial charge in [0.25, 0.3) is 0 Å². The average molecular weight is 403 g/mol. The maximum absolute atomic E-state index is 9.17. The number of hydrogen-bond donors (Lipinski definition) is 1. The van der Waals surface area contributed by atoms with Gasteiger partial charge in [-0.25, -0.2) is 0 Å². The van der Waals surface area contributed by atoms with Crippen molar-refractivity contribution in [2.24, 2.45) is 4.99 Å². The van der Waals surface area contributed by atoms with Crippen molar-refractivity contribution < 1.29 is 14.3 Å². The van der Waals surface area contributed by atoms with E-state index in [1.165, 1.54) is 5.56 Å². The lowest BCUT2D eigenvalue weighted by atomic mass is 9.98. The molecule has 0 bridgehead atoms.